The van der Waals surface area contributed by atoms with Crippen LogP contribution in [0.1, 0.15) is 11.1 Å². The van der Waals surface area contributed by atoms with Crippen molar-refractivity contribution in [2.45, 2.75) is 12.8 Å². The summed E-state index contributed by atoms with van der Waals surface area (Å²) in [5.41, 5.74) is 0.678. The second-order valence-corrected chi connectivity index (χ2v) is 6.51. The molecule has 0 aliphatic carbocycles. The number of nitrogens with one attached hydrogen (secondary N) is 1. The van der Waals surface area contributed by atoms with E-state index >= 15 is 0 Å². The van der Waals surface area contributed by atoms with Gasteiger partial charge in [0.25, 0.3) is 0 Å². The van der Waals surface area contributed by atoms with Crippen LogP contribution < -0.4 is 9.47 Å². The van der Waals surface area contributed by atoms with Gasteiger partial charge in [-0.25, -0.2) is 4.79 Å². The number of aliphatic carboxylic acids is 1. The summed E-state index contributed by atoms with van der Waals surface area (Å²) in [5.74, 6) is -2.00. The van der Waals surface area contributed by atoms with E-state index in [9.17, 15) is 18.0 Å². The molecule has 4 N–H and O–H groups in total. The monoisotopic (exact) mass is 475 g/mol. The van der Waals surface area contributed by atoms with Crippen molar-refractivity contribution in [2.24, 2.45) is 4.99 Å². The smallest absolute Gasteiger partial charge is 0.573 e. The van der Waals surface area contributed by atoms with Crippen LogP contribution in [-0.4, -0.2) is 40.9 Å². The first-order chi connectivity index (χ1) is 13.5. The standard InChI is InChI=1S/C18H14BrF3N2O5/c19-11-3-6-14(28-9-16(25)26)13(8-11)17(27)24-15(23)7-10-1-4-12(5-2-10)29-18(20,21)22/h1-6,8H,7,9H2,(H,25,26)(H2,23,24,27)/p+1. The Labute approximate surface area is 171 Å². The van der Waals surface area contributed by atoms with Gasteiger partial charge in [0.2, 0.25) is 0 Å². The van der Waals surface area contributed by atoms with Gasteiger partial charge in [-0.3, -0.25) is 5.41 Å². The first-order valence-electron chi connectivity index (χ1n) is 7.90. The van der Waals surface area contributed by atoms with Gasteiger partial charge in [0.1, 0.15) is 22.9 Å². The number of carboxylic acid groups (broad SMARTS) is 1. The molecule has 0 aliphatic heterocycles. The number of amidine groups is 1. The molecule has 0 unspecified atom stereocenters. The van der Waals surface area contributed by atoms with Crippen molar-refractivity contribution in [3.8, 4) is 11.5 Å². The van der Waals surface area contributed by atoms with Gasteiger partial charge in [-0.2, -0.15) is 0 Å². The zero-order chi connectivity index (χ0) is 21.6. The van der Waals surface area contributed by atoms with Crippen LogP contribution in [0, 0.1) is 5.41 Å². The van der Waals surface area contributed by atoms with E-state index in [4.69, 9.17) is 20.4 Å². The molecule has 2 aromatic rings. The van der Waals surface area contributed by atoms with Crippen molar-refractivity contribution in [3.05, 3.63) is 58.1 Å². The summed E-state index contributed by atoms with van der Waals surface area (Å²) in [4.78, 5) is 14.5. The molecule has 0 atom stereocenters. The molecule has 7 nitrogen and oxygen atoms in total. The van der Waals surface area contributed by atoms with Crippen molar-refractivity contribution in [3.63, 3.8) is 0 Å². The molecule has 11 heteroatoms. The third-order valence-electron chi connectivity index (χ3n) is 3.32. The van der Waals surface area contributed by atoms with Gasteiger partial charge < -0.3 is 19.7 Å². The Hall–Kier alpha value is -3.08. The van der Waals surface area contributed by atoms with Gasteiger partial charge in [-0.1, -0.05) is 28.1 Å². The van der Waals surface area contributed by atoms with Crippen molar-refractivity contribution in [1.29, 1.82) is 5.41 Å². The molecule has 0 spiro atoms. The van der Waals surface area contributed by atoms with Gasteiger partial charge in [-0.15, -0.1) is 18.2 Å². The molecule has 0 saturated carbocycles. The number of nitrogens with zero attached hydrogens (tertiary/aromatic N) is 1. The van der Waals surface area contributed by atoms with Crippen molar-refractivity contribution in [1.82, 2.24) is 0 Å². The molecular formula is C18H15BrF3N2O5+. The first kappa shape index (κ1) is 22.2. The molecule has 2 aromatic carbocycles. The van der Waals surface area contributed by atoms with Gasteiger partial charge >= 0.3 is 18.2 Å². The minimum atomic E-state index is -4.79. The molecule has 0 saturated heterocycles. The highest BCUT2D eigenvalue weighted by Crippen LogP contribution is 2.25. The maximum absolute atomic E-state index is 12.2. The van der Waals surface area contributed by atoms with Crippen LogP contribution in [0.3, 0.4) is 0 Å². The maximum Gasteiger partial charge on any atom is 0.573 e. The van der Waals surface area contributed by atoms with E-state index in [1.165, 1.54) is 24.3 Å². The Morgan fingerprint density at radius 2 is 1.86 bits per heavy atom. The lowest BCUT2D eigenvalue weighted by Gasteiger charge is -2.09. The largest absolute Gasteiger partial charge is 0.578 e. The van der Waals surface area contributed by atoms with Crippen molar-refractivity contribution >= 4 is 33.6 Å². The minimum Gasteiger partial charge on any atom is -0.578 e. The number of hydrogen-bond acceptors (Lipinski definition) is 4. The average Bonchev–Trinajstić information content (AvgIpc) is 2.60. The van der Waals surface area contributed by atoms with Gasteiger partial charge in [0.05, 0.1) is 0 Å². The SMILES string of the molecule is N=C(Cc1ccc(OC(F)(F)F)cc1)N=C([OH2+])c1cc(Br)ccc1OCC(=O)O. The molecule has 0 heterocycles. The summed E-state index contributed by atoms with van der Waals surface area (Å²) in [6.07, 6.45) is -4.82. The predicted molar refractivity (Wildman–Crippen MR) is 102 cm³/mol. The summed E-state index contributed by atoms with van der Waals surface area (Å²) < 4.78 is 46.0. The predicted octanol–water partition coefficient (Wildman–Crippen LogP) is 3.50. The van der Waals surface area contributed by atoms with Crippen LogP contribution in [0.5, 0.6) is 11.5 Å². The molecule has 154 valence electrons. The summed E-state index contributed by atoms with van der Waals surface area (Å²) in [6.45, 7) is -0.605. The van der Waals surface area contributed by atoms with Crippen LogP contribution in [-0.2, 0) is 11.2 Å². The Morgan fingerprint density at radius 3 is 2.45 bits per heavy atom. The molecule has 0 aromatic heterocycles. The molecule has 0 aliphatic rings. The van der Waals surface area contributed by atoms with E-state index in [-0.39, 0.29) is 35.2 Å². The fourth-order valence-corrected chi connectivity index (χ4v) is 2.55. The summed E-state index contributed by atoms with van der Waals surface area (Å²) in [7, 11) is 0. The van der Waals surface area contributed by atoms with E-state index in [1.54, 1.807) is 6.07 Å². The molecule has 0 fully saturated rings. The van der Waals surface area contributed by atoms with Gasteiger partial charge in [-0.05, 0) is 35.9 Å². The lowest BCUT2D eigenvalue weighted by molar-refractivity contribution is -0.274. The minimum absolute atomic E-state index is 0.0337. The average molecular weight is 476 g/mol. The third kappa shape index (κ3) is 7.45. The molecule has 0 radical (unpaired) electrons. The highest BCUT2D eigenvalue weighted by atomic mass is 79.9. The number of aliphatic imine (C=N–C) groups is 1. The van der Waals surface area contributed by atoms with Crippen LogP contribution in [0.2, 0.25) is 0 Å². The number of benzene rings is 2. The Balaban J connectivity index is 2.12. The normalized spacial score (nSPS) is 11.8. The number of carbonyl (C=O) groups is 1. The number of hydrogen-bond donors (Lipinski definition) is 2. The fraction of sp³-hybridized carbons (Fsp3) is 0.167. The lowest BCUT2D eigenvalue weighted by atomic mass is 10.1. The third-order valence-corrected chi connectivity index (χ3v) is 3.82. The van der Waals surface area contributed by atoms with Gasteiger partial charge in [0, 0.05) is 10.9 Å². The zero-order valence-corrected chi connectivity index (χ0v) is 16.2. The molecule has 2 rings (SSSR count). The van der Waals surface area contributed by atoms with E-state index in [2.05, 4.69) is 25.7 Å². The van der Waals surface area contributed by atoms with Crippen molar-refractivity contribution < 1.29 is 37.7 Å². The highest BCUT2D eigenvalue weighted by Gasteiger charge is 2.30. The van der Waals surface area contributed by atoms with E-state index < -0.39 is 18.9 Å². The number of ether oxygens (including phenoxy) is 2. The van der Waals surface area contributed by atoms with Crippen molar-refractivity contribution in [2.75, 3.05) is 6.61 Å². The Bertz CT molecular complexity index is 930. The topological polar surface area (TPSA) is 115 Å². The van der Waals surface area contributed by atoms with Crippen LogP contribution in [0.4, 0.5) is 13.2 Å². The second-order valence-electron chi connectivity index (χ2n) is 5.60. The fourth-order valence-electron chi connectivity index (χ4n) is 2.19. The summed E-state index contributed by atoms with van der Waals surface area (Å²) >= 11 is 3.24. The highest BCUT2D eigenvalue weighted by molar-refractivity contribution is 9.10. The quantitative estimate of drug-likeness (QED) is 0.362. The zero-order valence-electron chi connectivity index (χ0n) is 14.6. The molecule has 0 amide bonds. The number of rotatable bonds is 7. The lowest BCUT2D eigenvalue weighted by Crippen LogP contribution is -2.17. The van der Waals surface area contributed by atoms with E-state index in [1.807, 2.05) is 0 Å². The number of halogens is 4. The van der Waals surface area contributed by atoms with Crippen LogP contribution in [0.25, 0.3) is 0 Å². The Kier molecular flexibility index (Phi) is 7.21. The number of alkyl halides is 3. The maximum atomic E-state index is 12.2. The van der Waals surface area contributed by atoms with E-state index in [0.717, 1.165) is 12.1 Å². The van der Waals surface area contributed by atoms with E-state index in [0.29, 0.717) is 10.0 Å². The summed E-state index contributed by atoms with van der Waals surface area (Å²) in [6, 6.07) is 9.52. The van der Waals surface area contributed by atoms with Gasteiger partial charge in [0.15, 0.2) is 6.61 Å². The first-order valence-corrected chi connectivity index (χ1v) is 8.69. The molecular weight excluding hydrogens is 461 g/mol. The molecule has 29 heavy (non-hydrogen) atoms. The summed E-state index contributed by atoms with van der Waals surface area (Å²) in [5, 5.41) is 24.7. The van der Waals surface area contributed by atoms with Crippen LogP contribution >= 0.6 is 15.9 Å². The molecule has 0 bridgehead atoms. The van der Waals surface area contributed by atoms with Crippen LogP contribution in [0.15, 0.2) is 51.9 Å². The second kappa shape index (κ2) is 9.41. The number of carboxylic acids is 1. The Morgan fingerprint density at radius 1 is 1.21 bits per heavy atom.